The molecule has 206 valence electrons. The molecule has 0 fully saturated rings. The molecule has 0 aliphatic rings. The van der Waals surface area contributed by atoms with E-state index in [2.05, 4.69) is 159 Å². The van der Waals surface area contributed by atoms with E-state index in [1.165, 1.54) is 76.8 Å². The predicted molar refractivity (Wildman–Crippen MR) is 187 cm³/mol. The Balaban J connectivity index is 1.81. The van der Waals surface area contributed by atoms with Gasteiger partial charge in [-0.05, 0) is 91.8 Å². The van der Waals surface area contributed by atoms with Crippen molar-refractivity contribution in [3.63, 3.8) is 0 Å². The van der Waals surface area contributed by atoms with Crippen molar-refractivity contribution >= 4 is 46.3 Å². The summed E-state index contributed by atoms with van der Waals surface area (Å²) in [6.45, 7) is 21.0. The van der Waals surface area contributed by atoms with E-state index >= 15 is 0 Å². The number of rotatable bonds is 6. The fourth-order valence-electron chi connectivity index (χ4n) is 7.29. The second-order valence-corrected chi connectivity index (χ2v) is 15.8. The van der Waals surface area contributed by atoms with Gasteiger partial charge in [-0.1, -0.05) is 122 Å². The molecule has 0 aliphatic heterocycles. The molecule has 0 heterocycles. The molecule has 0 nitrogen and oxygen atoms in total. The molecule has 2 heteroatoms. The lowest BCUT2D eigenvalue weighted by atomic mass is 9.33. The first-order valence-corrected chi connectivity index (χ1v) is 17.0. The van der Waals surface area contributed by atoms with E-state index in [1.54, 1.807) is 0 Å². The van der Waals surface area contributed by atoms with E-state index in [9.17, 15) is 0 Å². The van der Waals surface area contributed by atoms with Gasteiger partial charge in [-0.15, -0.1) is 0 Å². The van der Waals surface area contributed by atoms with E-state index < -0.39 is 7.26 Å². The normalized spacial score (nSPS) is 11.5. The van der Waals surface area contributed by atoms with E-state index in [0.29, 0.717) is 0 Å². The molecule has 5 rings (SSSR count). The Bertz CT molecular complexity index is 1550. The van der Waals surface area contributed by atoms with E-state index in [-0.39, 0.29) is 6.71 Å². The summed E-state index contributed by atoms with van der Waals surface area (Å²) in [5, 5.41) is 4.29. The molecule has 0 spiro atoms. The Hall–Kier alpha value is -3.41. The summed E-state index contributed by atoms with van der Waals surface area (Å²) in [4.78, 5) is 0. The summed E-state index contributed by atoms with van der Waals surface area (Å²) in [5.74, 6) is 0. The third-order valence-electron chi connectivity index (χ3n) is 8.98. The second kappa shape index (κ2) is 11.5. The molecule has 0 unspecified atom stereocenters. The van der Waals surface area contributed by atoms with Crippen LogP contribution in [0.3, 0.4) is 0 Å². The van der Waals surface area contributed by atoms with Gasteiger partial charge in [0, 0.05) is 0 Å². The number of hydrogen-bond acceptors (Lipinski definition) is 0. The van der Waals surface area contributed by atoms with Crippen LogP contribution in [0.5, 0.6) is 0 Å². The maximum Gasteiger partial charge on any atom is 0.243 e. The highest BCUT2D eigenvalue weighted by atomic mass is 31.2. The topological polar surface area (TPSA) is 0 Å². The average Bonchev–Trinajstić information content (AvgIpc) is 2.92. The highest BCUT2D eigenvalue weighted by molar-refractivity contribution is 7.95. The smallest absolute Gasteiger partial charge is 0.0629 e. The van der Waals surface area contributed by atoms with Gasteiger partial charge in [0.15, 0.2) is 0 Å². The molecule has 5 aromatic rings. The lowest BCUT2D eigenvalue weighted by Crippen LogP contribution is -2.57. The fourth-order valence-corrected chi connectivity index (χ4v) is 10.6. The zero-order valence-electron chi connectivity index (χ0n) is 26.3. The molecule has 0 bridgehead atoms. The van der Waals surface area contributed by atoms with Crippen LogP contribution in [-0.4, -0.2) is 13.4 Å². The lowest BCUT2D eigenvalue weighted by Gasteiger charge is -2.29. The summed E-state index contributed by atoms with van der Waals surface area (Å²) in [5.41, 5.74) is 15.3. The SMILES string of the molecule is Cc1cc(C)c(B(c2c(C)cc(C)cc2C)c2c(C)cc([P+](C)(c3ccccc3)c3ccccc3)cc2C)c(C)c1. The Labute approximate surface area is 249 Å². The lowest BCUT2D eigenvalue weighted by molar-refractivity contribution is 1.33. The average molecular weight is 554 g/mol. The van der Waals surface area contributed by atoms with Crippen molar-refractivity contribution < 1.29 is 0 Å². The largest absolute Gasteiger partial charge is 0.243 e. The van der Waals surface area contributed by atoms with E-state index in [0.717, 1.165) is 0 Å². The van der Waals surface area contributed by atoms with Crippen molar-refractivity contribution in [3.05, 3.63) is 142 Å². The van der Waals surface area contributed by atoms with Crippen LogP contribution in [-0.2, 0) is 0 Å². The first-order chi connectivity index (χ1) is 19.5. The molecule has 0 aliphatic carbocycles. The Morgan fingerprint density at radius 3 is 1.00 bits per heavy atom. The van der Waals surface area contributed by atoms with E-state index in [1.807, 2.05) is 0 Å². The van der Waals surface area contributed by atoms with Crippen LogP contribution in [0.15, 0.2) is 97.1 Å². The van der Waals surface area contributed by atoms with E-state index in [4.69, 9.17) is 0 Å². The van der Waals surface area contributed by atoms with Crippen LogP contribution in [0.1, 0.15) is 44.5 Å². The molecule has 0 saturated heterocycles. The van der Waals surface area contributed by atoms with Gasteiger partial charge < -0.3 is 0 Å². The van der Waals surface area contributed by atoms with Gasteiger partial charge in [-0.2, -0.15) is 0 Å². The highest BCUT2D eigenvalue weighted by Gasteiger charge is 2.41. The maximum absolute atomic E-state index is 2.51. The van der Waals surface area contributed by atoms with Crippen LogP contribution in [0, 0.1) is 55.4 Å². The number of aryl methyl sites for hydroxylation is 8. The van der Waals surface area contributed by atoms with Gasteiger partial charge >= 0.3 is 0 Å². The second-order valence-electron chi connectivity index (χ2n) is 12.2. The van der Waals surface area contributed by atoms with Crippen molar-refractivity contribution in [2.75, 3.05) is 6.66 Å². The minimum absolute atomic E-state index is 0.184. The summed E-state index contributed by atoms with van der Waals surface area (Å²) < 4.78 is 0. The molecule has 0 N–H and O–H groups in total. The zero-order valence-corrected chi connectivity index (χ0v) is 27.2. The van der Waals surface area contributed by atoms with Crippen molar-refractivity contribution in [3.8, 4) is 0 Å². The summed E-state index contributed by atoms with van der Waals surface area (Å²) in [7, 11) is -1.83. The van der Waals surface area contributed by atoms with Gasteiger partial charge in [0.05, 0.1) is 6.66 Å². The zero-order chi connectivity index (χ0) is 29.5. The number of hydrogen-bond donors (Lipinski definition) is 0. The minimum Gasteiger partial charge on any atom is -0.0629 e. The van der Waals surface area contributed by atoms with Gasteiger partial charge in [0.2, 0.25) is 6.71 Å². The molecular weight excluding hydrogens is 510 g/mol. The maximum atomic E-state index is 2.51. The Morgan fingerprint density at radius 1 is 0.390 bits per heavy atom. The summed E-state index contributed by atoms with van der Waals surface area (Å²) >= 11 is 0. The minimum atomic E-state index is -1.83. The molecule has 41 heavy (non-hydrogen) atoms. The van der Waals surface area contributed by atoms with Gasteiger partial charge in [-0.25, -0.2) is 0 Å². The van der Waals surface area contributed by atoms with Gasteiger partial charge in [0.25, 0.3) is 0 Å². The first kappa shape index (κ1) is 29.1. The standard InChI is InChI=1S/C39H43BP/c1-26-20-28(3)37(29(4)21-26)40(38-30(5)22-27(2)23-31(38)6)39-32(7)24-36(25-33(39)8)41(9,34-16-12-10-13-17-34)35-18-14-11-15-19-35/h10-25H,1-9H3/q+1. The molecular formula is C39H43BP+. The number of benzene rings is 5. The summed E-state index contributed by atoms with van der Waals surface area (Å²) in [6.07, 6.45) is 0. The molecule has 0 amide bonds. The van der Waals surface area contributed by atoms with Crippen LogP contribution in [0.25, 0.3) is 0 Å². The van der Waals surface area contributed by atoms with Crippen molar-refractivity contribution in [2.45, 2.75) is 55.4 Å². The van der Waals surface area contributed by atoms with Crippen molar-refractivity contribution in [1.29, 1.82) is 0 Å². The Morgan fingerprint density at radius 2 is 0.683 bits per heavy atom. The molecule has 5 aromatic carbocycles. The molecule has 0 saturated carbocycles. The quantitative estimate of drug-likeness (QED) is 0.164. The van der Waals surface area contributed by atoms with Crippen LogP contribution in [0.2, 0.25) is 0 Å². The summed E-state index contributed by atoms with van der Waals surface area (Å²) in [6, 6.07) is 36.8. The monoisotopic (exact) mass is 553 g/mol. The third kappa shape index (κ3) is 5.34. The Kier molecular flexibility index (Phi) is 8.14. The predicted octanol–water partition coefficient (Wildman–Crippen LogP) is 6.59. The molecule has 0 atom stereocenters. The highest BCUT2D eigenvalue weighted by Crippen LogP contribution is 2.51. The first-order valence-electron chi connectivity index (χ1n) is 14.8. The van der Waals surface area contributed by atoms with Crippen LogP contribution < -0.4 is 32.3 Å². The van der Waals surface area contributed by atoms with Crippen molar-refractivity contribution in [1.82, 2.24) is 0 Å². The third-order valence-corrected chi connectivity index (χ3v) is 12.9. The van der Waals surface area contributed by atoms with Crippen LogP contribution >= 0.6 is 7.26 Å². The van der Waals surface area contributed by atoms with Gasteiger partial charge in [0.1, 0.15) is 23.2 Å². The van der Waals surface area contributed by atoms with Crippen molar-refractivity contribution in [2.24, 2.45) is 0 Å². The fraction of sp³-hybridized carbons (Fsp3) is 0.231. The van der Waals surface area contributed by atoms with Gasteiger partial charge in [-0.3, -0.25) is 0 Å². The van der Waals surface area contributed by atoms with Crippen LogP contribution in [0.4, 0.5) is 0 Å². The molecule has 0 radical (unpaired) electrons. The molecule has 0 aromatic heterocycles.